The highest BCUT2D eigenvalue weighted by Crippen LogP contribution is 2.30. The van der Waals surface area contributed by atoms with Gasteiger partial charge in [-0.05, 0) is 56.3 Å². The molecule has 0 saturated carbocycles. The Morgan fingerprint density at radius 1 is 0.857 bits per heavy atom. The Balaban J connectivity index is 1.52. The van der Waals surface area contributed by atoms with E-state index in [1.807, 2.05) is 4.90 Å². The van der Waals surface area contributed by atoms with Gasteiger partial charge in [-0.3, -0.25) is 19.3 Å². The molecule has 0 radical (unpaired) electrons. The lowest BCUT2D eigenvalue weighted by Gasteiger charge is -2.30. The summed E-state index contributed by atoms with van der Waals surface area (Å²) in [4.78, 5) is 38.8. The molecule has 188 valence electrons. The molecule has 0 bridgehead atoms. The standard InChI is InChI=1S/C25H32N4O6/c1-16(30)26-18-5-8-22(34-3)21(13-18)28-25(32)17-9-11-29(12-10-17)15-24(31)27-20-7-6-19(33-2)14-23(20)35-4/h5-8,13-14,17H,9-12,15H2,1-4H3,(H,26,30)(H,27,31)(H,28,32). The zero-order chi connectivity index (χ0) is 25.4. The fourth-order valence-electron chi connectivity index (χ4n) is 3.97. The van der Waals surface area contributed by atoms with E-state index in [0.29, 0.717) is 60.2 Å². The number of carbonyl (C=O) groups is 3. The number of hydrogen-bond acceptors (Lipinski definition) is 7. The van der Waals surface area contributed by atoms with Crippen molar-refractivity contribution in [3.05, 3.63) is 36.4 Å². The van der Waals surface area contributed by atoms with Gasteiger partial charge in [0.2, 0.25) is 17.7 Å². The predicted octanol–water partition coefficient (Wildman–Crippen LogP) is 2.96. The first-order valence-corrected chi connectivity index (χ1v) is 11.3. The topological polar surface area (TPSA) is 118 Å². The molecule has 35 heavy (non-hydrogen) atoms. The smallest absolute Gasteiger partial charge is 0.238 e. The van der Waals surface area contributed by atoms with Gasteiger partial charge in [-0.25, -0.2) is 0 Å². The number of nitrogens with zero attached hydrogens (tertiary/aromatic N) is 1. The van der Waals surface area contributed by atoms with Crippen molar-refractivity contribution < 1.29 is 28.6 Å². The molecule has 1 aliphatic rings. The normalized spacial score (nSPS) is 14.1. The van der Waals surface area contributed by atoms with Crippen LogP contribution in [0.25, 0.3) is 0 Å². The number of ether oxygens (including phenoxy) is 3. The molecule has 3 rings (SSSR count). The van der Waals surface area contributed by atoms with Crippen LogP contribution in [0.15, 0.2) is 36.4 Å². The summed E-state index contributed by atoms with van der Waals surface area (Å²) in [7, 11) is 4.62. The van der Waals surface area contributed by atoms with Crippen molar-refractivity contribution in [2.75, 3.05) is 56.9 Å². The summed E-state index contributed by atoms with van der Waals surface area (Å²) < 4.78 is 15.8. The molecular weight excluding hydrogens is 452 g/mol. The van der Waals surface area contributed by atoms with E-state index in [0.717, 1.165) is 0 Å². The van der Waals surface area contributed by atoms with E-state index < -0.39 is 0 Å². The van der Waals surface area contributed by atoms with Crippen LogP contribution in [-0.2, 0) is 14.4 Å². The van der Waals surface area contributed by atoms with E-state index >= 15 is 0 Å². The molecule has 0 aromatic heterocycles. The van der Waals surface area contributed by atoms with Crippen molar-refractivity contribution in [2.24, 2.45) is 5.92 Å². The molecule has 10 heteroatoms. The van der Waals surface area contributed by atoms with Gasteiger partial charge >= 0.3 is 0 Å². The third-order valence-electron chi connectivity index (χ3n) is 5.79. The fraction of sp³-hybridized carbons (Fsp3) is 0.400. The van der Waals surface area contributed by atoms with E-state index in [1.165, 1.54) is 21.1 Å². The molecule has 1 saturated heterocycles. The highest BCUT2D eigenvalue weighted by Gasteiger charge is 2.27. The minimum absolute atomic E-state index is 0.115. The molecule has 0 aliphatic carbocycles. The third kappa shape index (κ3) is 7.10. The van der Waals surface area contributed by atoms with Crippen molar-refractivity contribution in [1.82, 2.24) is 4.90 Å². The van der Waals surface area contributed by atoms with Crippen molar-refractivity contribution in [3.63, 3.8) is 0 Å². The van der Waals surface area contributed by atoms with E-state index in [2.05, 4.69) is 16.0 Å². The number of benzene rings is 2. The number of nitrogens with one attached hydrogen (secondary N) is 3. The number of piperidine rings is 1. The fourth-order valence-corrected chi connectivity index (χ4v) is 3.97. The quantitative estimate of drug-likeness (QED) is 0.501. The van der Waals surface area contributed by atoms with Crippen LogP contribution in [0.2, 0.25) is 0 Å². The number of hydrogen-bond donors (Lipinski definition) is 3. The van der Waals surface area contributed by atoms with Gasteiger partial charge in [-0.1, -0.05) is 0 Å². The van der Waals surface area contributed by atoms with Crippen LogP contribution in [0.3, 0.4) is 0 Å². The first-order valence-electron chi connectivity index (χ1n) is 11.3. The van der Waals surface area contributed by atoms with Crippen LogP contribution in [0, 0.1) is 5.92 Å². The zero-order valence-corrected chi connectivity index (χ0v) is 20.5. The molecule has 2 aromatic rings. The molecule has 10 nitrogen and oxygen atoms in total. The molecule has 0 atom stereocenters. The maximum atomic E-state index is 12.9. The van der Waals surface area contributed by atoms with Crippen LogP contribution in [0.4, 0.5) is 17.1 Å². The van der Waals surface area contributed by atoms with Crippen molar-refractivity contribution in [3.8, 4) is 17.2 Å². The Hall–Kier alpha value is -3.79. The van der Waals surface area contributed by atoms with Crippen LogP contribution in [0.1, 0.15) is 19.8 Å². The Morgan fingerprint density at radius 2 is 1.57 bits per heavy atom. The third-order valence-corrected chi connectivity index (χ3v) is 5.79. The summed E-state index contributed by atoms with van der Waals surface area (Å²) in [6.45, 7) is 2.88. The summed E-state index contributed by atoms with van der Waals surface area (Å²) in [5.41, 5.74) is 1.64. The highest BCUT2D eigenvalue weighted by atomic mass is 16.5. The molecule has 3 amide bonds. The van der Waals surface area contributed by atoms with Gasteiger partial charge in [0.15, 0.2) is 0 Å². The Morgan fingerprint density at radius 3 is 2.20 bits per heavy atom. The van der Waals surface area contributed by atoms with E-state index in [1.54, 1.807) is 43.5 Å². The average molecular weight is 485 g/mol. The van der Waals surface area contributed by atoms with Gasteiger partial charge in [0.25, 0.3) is 0 Å². The van der Waals surface area contributed by atoms with Crippen molar-refractivity contribution in [1.29, 1.82) is 0 Å². The number of rotatable bonds is 9. The maximum Gasteiger partial charge on any atom is 0.238 e. The molecule has 1 aliphatic heterocycles. The minimum Gasteiger partial charge on any atom is -0.497 e. The lowest BCUT2D eigenvalue weighted by molar-refractivity contribution is -0.121. The van der Waals surface area contributed by atoms with Gasteiger partial charge in [0, 0.05) is 24.6 Å². The van der Waals surface area contributed by atoms with Gasteiger partial charge in [-0.15, -0.1) is 0 Å². The number of carbonyl (C=O) groups excluding carboxylic acids is 3. The molecule has 2 aromatic carbocycles. The van der Waals surface area contributed by atoms with Gasteiger partial charge < -0.3 is 30.2 Å². The first kappa shape index (κ1) is 25.8. The Labute approximate surface area is 204 Å². The Bertz CT molecular complexity index is 1070. The molecule has 0 unspecified atom stereocenters. The second kappa shape index (κ2) is 12.1. The number of anilines is 3. The highest BCUT2D eigenvalue weighted by molar-refractivity contribution is 5.96. The molecule has 1 fully saturated rings. The number of likely N-dealkylation sites (tertiary alicyclic amines) is 1. The summed E-state index contributed by atoms with van der Waals surface area (Å²) in [5.74, 6) is 1.01. The summed E-state index contributed by atoms with van der Waals surface area (Å²) in [6.07, 6.45) is 1.25. The van der Waals surface area contributed by atoms with Crippen molar-refractivity contribution in [2.45, 2.75) is 19.8 Å². The largest absolute Gasteiger partial charge is 0.497 e. The van der Waals surface area contributed by atoms with Crippen LogP contribution >= 0.6 is 0 Å². The lowest BCUT2D eigenvalue weighted by Crippen LogP contribution is -2.41. The summed E-state index contributed by atoms with van der Waals surface area (Å²) in [5, 5.41) is 8.49. The second-order valence-corrected chi connectivity index (χ2v) is 8.25. The van der Waals surface area contributed by atoms with Gasteiger partial charge in [-0.2, -0.15) is 0 Å². The van der Waals surface area contributed by atoms with E-state index in [4.69, 9.17) is 14.2 Å². The lowest BCUT2D eigenvalue weighted by atomic mass is 9.95. The number of methoxy groups -OCH3 is 3. The molecule has 3 N–H and O–H groups in total. The minimum atomic E-state index is -0.200. The van der Waals surface area contributed by atoms with Crippen molar-refractivity contribution >= 4 is 34.8 Å². The summed E-state index contributed by atoms with van der Waals surface area (Å²) >= 11 is 0. The second-order valence-electron chi connectivity index (χ2n) is 8.25. The van der Waals surface area contributed by atoms with E-state index in [9.17, 15) is 14.4 Å². The Kier molecular flexibility index (Phi) is 8.91. The monoisotopic (exact) mass is 484 g/mol. The van der Waals surface area contributed by atoms with Crippen LogP contribution in [0.5, 0.6) is 17.2 Å². The molecule has 0 spiro atoms. The van der Waals surface area contributed by atoms with Gasteiger partial charge in [0.1, 0.15) is 17.2 Å². The number of amides is 3. The molecular formula is C25H32N4O6. The van der Waals surface area contributed by atoms with Crippen LogP contribution < -0.4 is 30.2 Å². The van der Waals surface area contributed by atoms with E-state index in [-0.39, 0.29) is 30.2 Å². The maximum absolute atomic E-state index is 12.9. The molecule has 1 heterocycles. The van der Waals surface area contributed by atoms with Gasteiger partial charge in [0.05, 0.1) is 39.2 Å². The predicted molar refractivity (Wildman–Crippen MR) is 133 cm³/mol. The first-order chi connectivity index (χ1) is 16.8. The van der Waals surface area contributed by atoms with Crippen LogP contribution in [-0.4, -0.2) is 63.6 Å². The summed E-state index contributed by atoms with van der Waals surface area (Å²) in [6, 6.07) is 10.3. The average Bonchev–Trinajstić information content (AvgIpc) is 2.84. The SMILES string of the molecule is COc1ccc(NC(=O)CN2CCC(C(=O)Nc3cc(NC(C)=O)ccc3OC)CC2)c(OC)c1. The zero-order valence-electron chi connectivity index (χ0n) is 20.5.